The number of oxime groups is 1. The van der Waals surface area contributed by atoms with Gasteiger partial charge in [0.2, 0.25) is 0 Å². The predicted molar refractivity (Wildman–Crippen MR) is 92.6 cm³/mol. The maximum Gasteiger partial charge on any atom is 0.435 e. The minimum Gasteiger partial charge on any atom is -0.374 e. The van der Waals surface area contributed by atoms with Gasteiger partial charge in [-0.2, -0.15) is 13.2 Å². The van der Waals surface area contributed by atoms with E-state index in [0.717, 1.165) is 17.7 Å². The number of nitrogens with zero attached hydrogens (tertiary/aromatic N) is 1. The van der Waals surface area contributed by atoms with E-state index >= 15 is 0 Å². The molecule has 0 aromatic heterocycles. The van der Waals surface area contributed by atoms with Crippen LogP contribution in [0.3, 0.4) is 0 Å². The average Bonchev–Trinajstić information content (AvgIpc) is 2.98. The Labute approximate surface area is 157 Å². The van der Waals surface area contributed by atoms with Crippen LogP contribution in [-0.2, 0) is 10.4 Å². The van der Waals surface area contributed by atoms with E-state index in [1.165, 1.54) is 0 Å². The minimum atomic E-state index is -4.73. The Bertz CT molecular complexity index is 843. The van der Waals surface area contributed by atoms with E-state index in [1.54, 1.807) is 18.2 Å². The second kappa shape index (κ2) is 6.38. The Morgan fingerprint density at radius 2 is 1.72 bits per heavy atom. The van der Waals surface area contributed by atoms with Gasteiger partial charge in [-0.3, -0.25) is 0 Å². The van der Waals surface area contributed by atoms with Crippen molar-refractivity contribution in [2.45, 2.75) is 25.1 Å². The molecule has 1 atom stereocenters. The number of halogens is 6. The summed E-state index contributed by atoms with van der Waals surface area (Å²) in [5.41, 5.74) is -1.24. The maximum atomic E-state index is 13.9. The second-order valence-corrected chi connectivity index (χ2v) is 6.95. The molecule has 0 fully saturated rings. The van der Waals surface area contributed by atoms with E-state index in [-0.39, 0.29) is 26.3 Å². The Hall–Kier alpha value is -1.43. The smallest absolute Gasteiger partial charge is 0.374 e. The van der Waals surface area contributed by atoms with Crippen LogP contribution in [-0.4, -0.2) is 11.9 Å². The summed E-state index contributed by atoms with van der Waals surface area (Å²) in [6, 6.07) is 9.24. The molecule has 0 bridgehead atoms. The number of alkyl halides is 3. The molecule has 2 nitrogen and oxygen atoms in total. The van der Waals surface area contributed by atoms with Crippen molar-refractivity contribution >= 4 is 40.5 Å². The molecule has 1 heterocycles. The van der Waals surface area contributed by atoms with E-state index in [4.69, 9.17) is 39.6 Å². The van der Waals surface area contributed by atoms with Crippen LogP contribution in [0.1, 0.15) is 23.1 Å². The predicted octanol–water partition coefficient (Wildman–Crippen LogP) is 6.54. The van der Waals surface area contributed by atoms with Crippen LogP contribution >= 0.6 is 34.8 Å². The molecule has 0 radical (unpaired) electrons. The molecule has 3 rings (SSSR count). The first-order valence-electron chi connectivity index (χ1n) is 7.18. The third kappa shape index (κ3) is 3.21. The lowest BCUT2D eigenvalue weighted by molar-refractivity contribution is -0.275. The van der Waals surface area contributed by atoms with Crippen LogP contribution < -0.4 is 0 Å². The van der Waals surface area contributed by atoms with Crippen molar-refractivity contribution in [3.05, 3.63) is 68.2 Å². The first kappa shape index (κ1) is 18.4. The highest BCUT2D eigenvalue weighted by atomic mass is 35.5. The fourth-order valence-corrected chi connectivity index (χ4v) is 3.27. The molecule has 0 saturated heterocycles. The van der Waals surface area contributed by atoms with E-state index in [0.29, 0.717) is 5.56 Å². The fraction of sp³-hybridized carbons (Fsp3) is 0.235. The highest BCUT2D eigenvalue weighted by Gasteiger charge is 2.62. The van der Waals surface area contributed by atoms with Crippen molar-refractivity contribution in [3.8, 4) is 0 Å². The van der Waals surface area contributed by atoms with Crippen LogP contribution in [0, 0.1) is 6.92 Å². The molecule has 25 heavy (non-hydrogen) atoms. The largest absolute Gasteiger partial charge is 0.435 e. The SMILES string of the molecule is Cc1cccc(C2=NO[C@@](c3cc(Cl)c(Cl)c(Cl)c3)(C(F)(F)F)C2)c1. The Morgan fingerprint density at radius 1 is 1.08 bits per heavy atom. The quantitative estimate of drug-likeness (QED) is 0.517. The molecule has 0 N–H and O–H groups in total. The van der Waals surface area contributed by atoms with Gasteiger partial charge in [0.15, 0.2) is 0 Å². The van der Waals surface area contributed by atoms with Crippen molar-refractivity contribution in [1.29, 1.82) is 0 Å². The summed E-state index contributed by atoms with van der Waals surface area (Å²) in [5.74, 6) is 0. The molecule has 0 spiro atoms. The average molecular weight is 409 g/mol. The molecule has 1 aliphatic heterocycles. The van der Waals surface area contributed by atoms with E-state index < -0.39 is 18.2 Å². The van der Waals surface area contributed by atoms with Crippen LogP contribution in [0.5, 0.6) is 0 Å². The molecule has 8 heteroatoms. The van der Waals surface area contributed by atoms with Crippen molar-refractivity contribution in [2.24, 2.45) is 5.16 Å². The summed E-state index contributed by atoms with van der Waals surface area (Å²) >= 11 is 17.7. The Kier molecular flexibility index (Phi) is 4.69. The molecule has 0 unspecified atom stereocenters. The van der Waals surface area contributed by atoms with Crippen molar-refractivity contribution in [2.75, 3.05) is 0 Å². The van der Waals surface area contributed by atoms with Crippen LogP contribution in [0.25, 0.3) is 0 Å². The summed E-state index contributed by atoms with van der Waals surface area (Å²) in [6.07, 6.45) is -5.23. The second-order valence-electron chi connectivity index (χ2n) is 5.75. The summed E-state index contributed by atoms with van der Waals surface area (Å²) in [7, 11) is 0. The monoisotopic (exact) mass is 407 g/mol. The van der Waals surface area contributed by atoms with E-state index in [2.05, 4.69) is 5.16 Å². The lowest BCUT2D eigenvalue weighted by Gasteiger charge is -2.30. The minimum absolute atomic E-state index is 0.0118. The number of rotatable bonds is 2. The summed E-state index contributed by atoms with van der Waals surface area (Å²) in [4.78, 5) is 4.95. The molecular weight excluding hydrogens is 398 g/mol. The zero-order valence-electron chi connectivity index (χ0n) is 12.8. The third-order valence-corrected chi connectivity index (χ3v) is 5.18. The standard InChI is InChI=1S/C17H11Cl3F3NO/c1-9-3-2-4-10(5-9)14-8-16(25-24-14,17(21,22)23)11-6-12(18)15(20)13(19)7-11/h2-7H,8H2,1H3/t16-/m0/s1. The number of hydrogen-bond acceptors (Lipinski definition) is 2. The van der Waals surface area contributed by atoms with Crippen LogP contribution in [0.2, 0.25) is 15.1 Å². The maximum absolute atomic E-state index is 13.9. The van der Waals surface area contributed by atoms with Gasteiger partial charge < -0.3 is 4.84 Å². The van der Waals surface area contributed by atoms with Gasteiger partial charge in [-0.15, -0.1) is 0 Å². The summed E-state index contributed by atoms with van der Waals surface area (Å²) < 4.78 is 41.7. The van der Waals surface area contributed by atoms with E-state index in [1.807, 2.05) is 13.0 Å². The van der Waals surface area contributed by atoms with Crippen molar-refractivity contribution < 1.29 is 18.0 Å². The molecule has 0 amide bonds. The summed E-state index contributed by atoms with van der Waals surface area (Å²) in [6.45, 7) is 1.84. The molecule has 1 aliphatic rings. The first-order chi connectivity index (χ1) is 11.6. The fourth-order valence-electron chi connectivity index (χ4n) is 2.67. The van der Waals surface area contributed by atoms with Gasteiger partial charge in [0, 0.05) is 12.0 Å². The topological polar surface area (TPSA) is 21.6 Å². The molecule has 132 valence electrons. The molecular formula is C17H11Cl3F3NO. The van der Waals surface area contributed by atoms with Crippen molar-refractivity contribution in [3.63, 3.8) is 0 Å². The third-order valence-electron chi connectivity index (χ3n) is 3.99. The zero-order chi connectivity index (χ0) is 18.4. The van der Waals surface area contributed by atoms with Gasteiger partial charge in [-0.05, 0) is 24.6 Å². The Morgan fingerprint density at radius 3 is 2.28 bits per heavy atom. The molecule has 2 aromatic carbocycles. The van der Waals surface area contributed by atoms with Crippen LogP contribution in [0.4, 0.5) is 13.2 Å². The molecule has 2 aromatic rings. The zero-order valence-corrected chi connectivity index (χ0v) is 15.1. The normalized spacial score (nSPS) is 20.4. The number of aryl methyl sites for hydroxylation is 1. The lowest BCUT2D eigenvalue weighted by atomic mass is 9.86. The highest BCUT2D eigenvalue weighted by molar-refractivity contribution is 6.48. The number of benzene rings is 2. The van der Waals surface area contributed by atoms with Crippen molar-refractivity contribution in [1.82, 2.24) is 0 Å². The van der Waals surface area contributed by atoms with Gasteiger partial charge in [0.1, 0.15) is 0 Å². The van der Waals surface area contributed by atoms with E-state index in [9.17, 15) is 13.2 Å². The first-order valence-corrected chi connectivity index (χ1v) is 8.31. The Balaban J connectivity index is 2.07. The highest BCUT2D eigenvalue weighted by Crippen LogP contribution is 2.50. The number of hydrogen-bond donors (Lipinski definition) is 0. The molecule has 0 aliphatic carbocycles. The van der Waals surface area contributed by atoms with Crippen LogP contribution in [0.15, 0.2) is 41.6 Å². The van der Waals surface area contributed by atoms with Gasteiger partial charge in [-0.25, -0.2) is 0 Å². The lowest BCUT2D eigenvalue weighted by Crippen LogP contribution is -2.42. The van der Waals surface area contributed by atoms with Gasteiger partial charge in [0.25, 0.3) is 5.60 Å². The van der Waals surface area contributed by atoms with Gasteiger partial charge >= 0.3 is 6.18 Å². The summed E-state index contributed by atoms with van der Waals surface area (Å²) in [5, 5.41) is 3.53. The van der Waals surface area contributed by atoms with Gasteiger partial charge in [-0.1, -0.05) is 69.8 Å². The molecule has 0 saturated carbocycles. The van der Waals surface area contributed by atoms with Gasteiger partial charge in [0.05, 0.1) is 20.8 Å².